The van der Waals surface area contributed by atoms with Crippen LogP contribution in [0.25, 0.3) is 10.9 Å². The molecule has 1 aromatic heterocycles. The van der Waals surface area contributed by atoms with E-state index in [1.54, 1.807) is 13.1 Å². The van der Waals surface area contributed by atoms with Crippen LogP contribution in [-0.2, 0) is 25.6 Å². The molecule has 0 spiro atoms. The summed E-state index contributed by atoms with van der Waals surface area (Å²) in [5, 5.41) is 27.9. The summed E-state index contributed by atoms with van der Waals surface area (Å²) in [6.45, 7) is 3.06. The number of hydrogen-bond acceptors (Lipinski definition) is 7. The van der Waals surface area contributed by atoms with Gasteiger partial charge in [-0.15, -0.1) is 0 Å². The summed E-state index contributed by atoms with van der Waals surface area (Å²) in [6, 6.07) is 2.65. The summed E-state index contributed by atoms with van der Waals surface area (Å²) in [5.74, 6) is -3.89. The first-order valence-electron chi connectivity index (χ1n) is 13.1. The van der Waals surface area contributed by atoms with Gasteiger partial charge in [0, 0.05) is 30.1 Å². The normalized spacial score (nSPS) is 14.8. The molecule has 0 aliphatic heterocycles. The average molecular weight is 561 g/mol. The molecule has 2 aromatic rings. The number of aliphatic imine (C=N–C) groups is 1. The molecule has 5 atom stereocenters. The summed E-state index contributed by atoms with van der Waals surface area (Å²) in [6.07, 6.45) is 2.84. The van der Waals surface area contributed by atoms with Gasteiger partial charge in [0.1, 0.15) is 18.1 Å². The predicted octanol–water partition coefficient (Wildman–Crippen LogP) is -1.33. The number of hydrogen-bond donors (Lipinski definition) is 9. The number of nitrogens with zero attached hydrogens (tertiary/aromatic N) is 1. The molecule has 2 rings (SSSR count). The molecule has 5 unspecified atom stereocenters. The number of nitrogens with two attached hydrogens (primary N) is 3. The Kier molecular flexibility index (Phi) is 12.4. The molecule has 14 nitrogen and oxygen atoms in total. The Morgan fingerprint density at radius 2 is 1.70 bits per heavy atom. The van der Waals surface area contributed by atoms with E-state index in [-0.39, 0.29) is 31.3 Å². The molecule has 220 valence electrons. The standard InChI is InChI=1S/C26H40N8O6/c1-3-14(2)21(34-23(37)20(13-35)33-22(36)17(27)8-6-10-30-26(28)29)24(38)32-19(25(39)40)11-15-12-31-18-9-5-4-7-16(15)18/h4-5,7,9,12,14,17,19-21,31,35H,3,6,8,10-11,13,27H2,1-2H3,(H,32,38)(H,33,36)(H,34,37)(H,39,40)(H4,28,29,30). The van der Waals surface area contributed by atoms with Gasteiger partial charge in [0.05, 0.1) is 12.6 Å². The third-order valence-corrected chi connectivity index (χ3v) is 6.63. The van der Waals surface area contributed by atoms with Crippen molar-refractivity contribution in [1.29, 1.82) is 0 Å². The monoisotopic (exact) mass is 560 g/mol. The van der Waals surface area contributed by atoms with Crippen molar-refractivity contribution in [2.24, 2.45) is 28.1 Å². The number of amides is 3. The summed E-state index contributed by atoms with van der Waals surface area (Å²) in [5.41, 5.74) is 17.9. The Labute approximate surface area is 232 Å². The van der Waals surface area contributed by atoms with E-state index in [4.69, 9.17) is 17.2 Å². The van der Waals surface area contributed by atoms with Crippen LogP contribution in [0.3, 0.4) is 0 Å². The third kappa shape index (κ3) is 9.24. The van der Waals surface area contributed by atoms with Crippen molar-refractivity contribution < 1.29 is 29.4 Å². The lowest BCUT2D eigenvalue weighted by atomic mass is 9.97. The highest BCUT2D eigenvalue weighted by Gasteiger charge is 2.33. The second-order valence-corrected chi connectivity index (χ2v) is 9.63. The summed E-state index contributed by atoms with van der Waals surface area (Å²) in [4.78, 5) is 57.5. The van der Waals surface area contributed by atoms with E-state index in [1.165, 1.54) is 0 Å². The largest absolute Gasteiger partial charge is 0.480 e. The lowest BCUT2D eigenvalue weighted by molar-refractivity contribution is -0.142. The molecule has 0 aliphatic rings. The molecular weight excluding hydrogens is 520 g/mol. The number of nitrogens with one attached hydrogen (secondary N) is 4. The number of aromatic amines is 1. The third-order valence-electron chi connectivity index (χ3n) is 6.63. The molecule has 1 heterocycles. The van der Waals surface area contributed by atoms with Crippen LogP contribution in [0.2, 0.25) is 0 Å². The van der Waals surface area contributed by atoms with E-state index in [2.05, 4.69) is 25.9 Å². The van der Waals surface area contributed by atoms with Gasteiger partial charge < -0.3 is 48.3 Å². The first-order valence-corrected chi connectivity index (χ1v) is 13.1. The van der Waals surface area contributed by atoms with Crippen molar-refractivity contribution in [3.8, 4) is 0 Å². The molecule has 0 saturated heterocycles. The van der Waals surface area contributed by atoms with Crippen molar-refractivity contribution >= 4 is 40.6 Å². The minimum atomic E-state index is -1.38. The Balaban J connectivity index is 2.06. The van der Waals surface area contributed by atoms with Crippen LogP contribution >= 0.6 is 0 Å². The minimum Gasteiger partial charge on any atom is -0.480 e. The smallest absolute Gasteiger partial charge is 0.326 e. The molecule has 12 N–H and O–H groups in total. The minimum absolute atomic E-state index is 0.0165. The van der Waals surface area contributed by atoms with Gasteiger partial charge in [0.2, 0.25) is 17.7 Å². The number of H-pyrrole nitrogens is 1. The van der Waals surface area contributed by atoms with E-state index >= 15 is 0 Å². The zero-order chi connectivity index (χ0) is 29.8. The fourth-order valence-electron chi connectivity index (χ4n) is 4.06. The first kappa shape index (κ1) is 32.0. The van der Waals surface area contributed by atoms with Crippen LogP contribution < -0.4 is 33.2 Å². The topological polar surface area (TPSA) is 251 Å². The first-order chi connectivity index (χ1) is 19.0. The predicted molar refractivity (Wildman–Crippen MR) is 150 cm³/mol. The number of rotatable bonds is 16. The summed E-state index contributed by atoms with van der Waals surface area (Å²) < 4.78 is 0. The van der Waals surface area contributed by atoms with Gasteiger partial charge in [0.25, 0.3) is 0 Å². The highest BCUT2D eigenvalue weighted by molar-refractivity contribution is 5.94. The fraction of sp³-hybridized carbons (Fsp3) is 0.500. The SMILES string of the molecule is CCC(C)C(NC(=O)C(CO)NC(=O)C(N)CCCN=C(N)N)C(=O)NC(Cc1c[nH]c2ccccc12)C(=O)O. The molecule has 0 bridgehead atoms. The molecule has 0 aliphatic carbocycles. The fourth-order valence-corrected chi connectivity index (χ4v) is 4.06. The van der Waals surface area contributed by atoms with E-state index in [0.717, 1.165) is 10.9 Å². The maximum absolute atomic E-state index is 13.2. The average Bonchev–Trinajstić information content (AvgIpc) is 3.33. The van der Waals surface area contributed by atoms with Crippen molar-refractivity contribution in [1.82, 2.24) is 20.9 Å². The second-order valence-electron chi connectivity index (χ2n) is 9.63. The number of para-hydroxylation sites is 1. The van der Waals surface area contributed by atoms with Gasteiger partial charge in [-0.2, -0.15) is 0 Å². The zero-order valence-corrected chi connectivity index (χ0v) is 22.7. The zero-order valence-electron chi connectivity index (χ0n) is 22.7. The van der Waals surface area contributed by atoms with Crippen LogP contribution in [0, 0.1) is 5.92 Å². The number of fused-ring (bicyclic) bond motifs is 1. The number of aromatic nitrogens is 1. The quantitative estimate of drug-likeness (QED) is 0.0669. The lowest BCUT2D eigenvalue weighted by Crippen LogP contribution is -2.59. The number of aliphatic hydroxyl groups is 1. The Morgan fingerprint density at radius 3 is 2.33 bits per heavy atom. The summed E-state index contributed by atoms with van der Waals surface area (Å²) >= 11 is 0. The maximum Gasteiger partial charge on any atom is 0.326 e. The summed E-state index contributed by atoms with van der Waals surface area (Å²) in [7, 11) is 0. The second kappa shape index (κ2) is 15.4. The van der Waals surface area contributed by atoms with Crippen molar-refractivity contribution in [3.63, 3.8) is 0 Å². The Hall–Kier alpha value is -4.17. The molecule has 1 aromatic carbocycles. The van der Waals surface area contributed by atoms with E-state index in [0.29, 0.717) is 18.4 Å². The number of carboxylic acids is 1. The van der Waals surface area contributed by atoms with Crippen LogP contribution in [0.15, 0.2) is 35.5 Å². The number of guanidine groups is 1. The number of aliphatic hydroxyl groups excluding tert-OH is 1. The molecule has 3 amide bonds. The van der Waals surface area contributed by atoms with Crippen LogP contribution in [0.1, 0.15) is 38.7 Å². The van der Waals surface area contributed by atoms with Crippen molar-refractivity contribution in [3.05, 3.63) is 36.0 Å². The number of benzene rings is 1. The lowest BCUT2D eigenvalue weighted by Gasteiger charge is -2.27. The van der Waals surface area contributed by atoms with Gasteiger partial charge in [-0.3, -0.25) is 19.4 Å². The number of carbonyl (C=O) groups excluding carboxylic acids is 3. The van der Waals surface area contributed by atoms with E-state index in [9.17, 15) is 29.4 Å². The van der Waals surface area contributed by atoms with Gasteiger partial charge in [-0.25, -0.2) is 4.79 Å². The van der Waals surface area contributed by atoms with Gasteiger partial charge in [0.15, 0.2) is 5.96 Å². The Bertz CT molecular complexity index is 1190. The molecule has 0 radical (unpaired) electrons. The molecule has 0 fully saturated rings. The van der Waals surface area contributed by atoms with Crippen LogP contribution in [-0.4, -0.2) is 82.2 Å². The maximum atomic E-state index is 13.2. The van der Waals surface area contributed by atoms with Gasteiger partial charge >= 0.3 is 5.97 Å². The van der Waals surface area contributed by atoms with E-state index < -0.39 is 54.5 Å². The molecular formula is C26H40N8O6. The molecule has 14 heteroatoms. The van der Waals surface area contributed by atoms with Gasteiger partial charge in [-0.05, 0) is 30.4 Å². The van der Waals surface area contributed by atoms with Crippen molar-refractivity contribution in [2.45, 2.75) is 63.7 Å². The highest BCUT2D eigenvalue weighted by Crippen LogP contribution is 2.19. The Morgan fingerprint density at radius 1 is 1.02 bits per heavy atom. The number of carbonyl (C=O) groups is 4. The number of carboxylic acid groups (broad SMARTS) is 1. The molecule has 40 heavy (non-hydrogen) atoms. The highest BCUT2D eigenvalue weighted by atomic mass is 16.4. The van der Waals surface area contributed by atoms with Crippen LogP contribution in [0.5, 0.6) is 0 Å². The van der Waals surface area contributed by atoms with Crippen molar-refractivity contribution in [2.75, 3.05) is 13.2 Å². The number of aliphatic carboxylic acids is 1. The van der Waals surface area contributed by atoms with Crippen LogP contribution in [0.4, 0.5) is 0 Å². The van der Waals surface area contributed by atoms with Gasteiger partial charge in [-0.1, -0.05) is 38.5 Å². The molecule has 0 saturated carbocycles. The van der Waals surface area contributed by atoms with E-state index in [1.807, 2.05) is 31.2 Å².